The Morgan fingerprint density at radius 3 is 2.77 bits per heavy atom. The molecule has 3 N–H and O–H groups in total. The number of anilines is 2. The van der Waals surface area contributed by atoms with Crippen molar-refractivity contribution in [2.24, 2.45) is 0 Å². The number of nitrogens with one attached hydrogen (secondary N) is 2. The van der Waals surface area contributed by atoms with Crippen molar-refractivity contribution in [1.82, 2.24) is 29.6 Å². The van der Waals surface area contributed by atoms with Crippen LogP contribution in [0.3, 0.4) is 0 Å². The first-order valence-electron chi connectivity index (χ1n) is 11.9. The van der Waals surface area contributed by atoms with E-state index in [9.17, 15) is 9.90 Å². The van der Waals surface area contributed by atoms with E-state index >= 15 is 0 Å². The van der Waals surface area contributed by atoms with Crippen LogP contribution < -0.4 is 16.2 Å². The molecule has 0 bridgehead atoms. The van der Waals surface area contributed by atoms with Gasteiger partial charge in [-0.3, -0.25) is 4.79 Å². The Labute approximate surface area is 203 Å². The van der Waals surface area contributed by atoms with Crippen molar-refractivity contribution < 1.29 is 5.11 Å². The van der Waals surface area contributed by atoms with Gasteiger partial charge in [0, 0.05) is 29.5 Å². The number of aliphatic hydroxyl groups is 1. The van der Waals surface area contributed by atoms with Crippen LogP contribution in [0.5, 0.6) is 0 Å². The van der Waals surface area contributed by atoms with E-state index < -0.39 is 6.04 Å². The van der Waals surface area contributed by atoms with E-state index in [2.05, 4.69) is 48.5 Å². The first-order valence-corrected chi connectivity index (χ1v) is 11.9. The molecule has 1 aromatic carbocycles. The number of hydrogen-bond acceptors (Lipinski definition) is 7. The molecule has 182 valence electrons. The number of nitrogens with zero attached hydrogens (tertiary/aromatic N) is 5. The Morgan fingerprint density at radius 2 is 2.00 bits per heavy atom. The lowest BCUT2D eigenvalue weighted by Gasteiger charge is -2.20. The summed E-state index contributed by atoms with van der Waals surface area (Å²) in [6, 6.07) is 11.5. The summed E-state index contributed by atoms with van der Waals surface area (Å²) in [7, 11) is 0. The summed E-state index contributed by atoms with van der Waals surface area (Å²) in [5.74, 6) is 0.949. The van der Waals surface area contributed by atoms with Gasteiger partial charge in [-0.1, -0.05) is 32.9 Å². The van der Waals surface area contributed by atoms with Gasteiger partial charge in [0.1, 0.15) is 5.39 Å². The molecule has 3 aromatic heterocycles. The SMILES string of the molecule is CC(CO)n1c(=O)c2cnc(Nc3ccc4c(c3)CNCC4)nc2n1-c1cccc(C(C)(C)C)n1. The molecule has 1 unspecified atom stereocenters. The maximum Gasteiger partial charge on any atom is 0.278 e. The van der Waals surface area contributed by atoms with E-state index in [4.69, 9.17) is 9.97 Å². The van der Waals surface area contributed by atoms with Gasteiger partial charge in [-0.05, 0) is 55.3 Å². The second-order valence-corrected chi connectivity index (χ2v) is 10.1. The van der Waals surface area contributed by atoms with Crippen molar-refractivity contribution in [1.29, 1.82) is 0 Å². The molecule has 0 amide bonds. The molecule has 0 saturated heterocycles. The predicted molar refractivity (Wildman–Crippen MR) is 137 cm³/mol. The number of aliphatic hydroxyl groups excluding tert-OH is 1. The number of pyridine rings is 1. The van der Waals surface area contributed by atoms with Crippen LogP contribution in [0, 0.1) is 0 Å². The standard InChI is InChI=1S/C26H31N7O2/c1-16(15-34)32-24(35)20-14-28-25(29-19-9-8-17-10-11-27-13-18(17)12-19)31-23(20)33(32)22-7-5-6-21(30-22)26(2,3)4/h5-9,12,14,16,27,34H,10-11,13,15H2,1-4H3,(H,28,29,31). The monoisotopic (exact) mass is 473 g/mol. The molecular weight excluding hydrogens is 442 g/mol. The van der Waals surface area contributed by atoms with Crippen LogP contribution in [-0.2, 0) is 18.4 Å². The van der Waals surface area contributed by atoms with Crippen LogP contribution in [0.2, 0.25) is 0 Å². The van der Waals surface area contributed by atoms with E-state index in [1.807, 2.05) is 24.3 Å². The Bertz CT molecular complexity index is 1450. The topological polar surface area (TPSA) is 110 Å². The van der Waals surface area contributed by atoms with Crippen molar-refractivity contribution in [3.63, 3.8) is 0 Å². The van der Waals surface area contributed by atoms with Crippen molar-refractivity contribution in [2.75, 3.05) is 18.5 Å². The molecule has 0 spiro atoms. The van der Waals surface area contributed by atoms with Gasteiger partial charge in [-0.15, -0.1) is 0 Å². The highest BCUT2D eigenvalue weighted by molar-refractivity contribution is 5.77. The van der Waals surface area contributed by atoms with Crippen LogP contribution >= 0.6 is 0 Å². The zero-order chi connectivity index (χ0) is 24.7. The lowest BCUT2D eigenvalue weighted by molar-refractivity contribution is 0.221. The van der Waals surface area contributed by atoms with Gasteiger partial charge in [0.2, 0.25) is 5.95 Å². The van der Waals surface area contributed by atoms with E-state index in [0.29, 0.717) is 22.8 Å². The lowest BCUT2D eigenvalue weighted by atomic mass is 9.92. The average molecular weight is 474 g/mol. The first kappa shape index (κ1) is 23.2. The van der Waals surface area contributed by atoms with Gasteiger partial charge in [-0.25, -0.2) is 19.3 Å². The largest absolute Gasteiger partial charge is 0.394 e. The molecule has 0 aliphatic carbocycles. The molecule has 4 heterocycles. The molecule has 4 aromatic rings. The number of hydrogen-bond donors (Lipinski definition) is 3. The minimum absolute atomic E-state index is 0.171. The maximum atomic E-state index is 13.3. The van der Waals surface area contributed by atoms with E-state index in [0.717, 1.165) is 30.9 Å². The van der Waals surface area contributed by atoms with Crippen LogP contribution in [0.25, 0.3) is 16.9 Å². The quantitative estimate of drug-likeness (QED) is 0.408. The molecule has 0 fully saturated rings. The van der Waals surface area contributed by atoms with Crippen LogP contribution in [0.1, 0.15) is 50.6 Å². The molecular formula is C26H31N7O2. The first-order chi connectivity index (χ1) is 16.8. The minimum atomic E-state index is -0.471. The number of rotatable bonds is 5. The van der Waals surface area contributed by atoms with E-state index in [1.165, 1.54) is 22.0 Å². The zero-order valence-corrected chi connectivity index (χ0v) is 20.5. The van der Waals surface area contributed by atoms with E-state index in [1.54, 1.807) is 11.6 Å². The predicted octanol–water partition coefficient (Wildman–Crippen LogP) is 3.22. The highest BCUT2D eigenvalue weighted by Crippen LogP contribution is 2.25. The number of benzene rings is 1. The lowest BCUT2D eigenvalue weighted by Crippen LogP contribution is -2.28. The maximum absolute atomic E-state index is 13.3. The van der Waals surface area contributed by atoms with E-state index in [-0.39, 0.29) is 17.6 Å². The Balaban J connectivity index is 1.64. The third-order valence-electron chi connectivity index (χ3n) is 6.37. The zero-order valence-electron chi connectivity index (χ0n) is 20.5. The summed E-state index contributed by atoms with van der Waals surface area (Å²) < 4.78 is 3.19. The highest BCUT2D eigenvalue weighted by atomic mass is 16.3. The average Bonchev–Trinajstić information content (AvgIpc) is 3.14. The van der Waals surface area contributed by atoms with Gasteiger partial charge >= 0.3 is 0 Å². The molecule has 9 heteroatoms. The van der Waals surface area contributed by atoms with Gasteiger partial charge in [-0.2, -0.15) is 4.98 Å². The summed E-state index contributed by atoms with van der Waals surface area (Å²) >= 11 is 0. The molecule has 1 aliphatic rings. The summed E-state index contributed by atoms with van der Waals surface area (Å²) in [6.07, 6.45) is 2.55. The Kier molecular flexibility index (Phi) is 5.90. The number of fused-ring (bicyclic) bond motifs is 2. The normalized spacial score (nSPS) is 14.7. The van der Waals surface area contributed by atoms with Crippen molar-refractivity contribution in [3.05, 3.63) is 69.8 Å². The summed E-state index contributed by atoms with van der Waals surface area (Å²) in [4.78, 5) is 27.3. The molecule has 1 aliphatic heterocycles. The second-order valence-electron chi connectivity index (χ2n) is 10.1. The van der Waals surface area contributed by atoms with Crippen LogP contribution in [0.4, 0.5) is 11.6 Å². The highest BCUT2D eigenvalue weighted by Gasteiger charge is 2.23. The molecule has 9 nitrogen and oxygen atoms in total. The van der Waals surface area contributed by atoms with Crippen molar-refractivity contribution >= 4 is 22.7 Å². The fourth-order valence-corrected chi connectivity index (χ4v) is 4.40. The summed E-state index contributed by atoms with van der Waals surface area (Å²) in [5.41, 5.74) is 4.38. The third kappa shape index (κ3) is 4.33. The smallest absolute Gasteiger partial charge is 0.278 e. The molecule has 5 rings (SSSR count). The Hall–Kier alpha value is -3.56. The number of aromatic nitrogens is 5. The molecule has 0 radical (unpaired) electrons. The van der Waals surface area contributed by atoms with Gasteiger partial charge < -0.3 is 15.7 Å². The van der Waals surface area contributed by atoms with Crippen molar-refractivity contribution in [2.45, 2.75) is 52.1 Å². The van der Waals surface area contributed by atoms with Crippen LogP contribution in [-0.4, -0.2) is 42.6 Å². The fraction of sp³-hybridized carbons (Fsp3) is 0.385. The summed E-state index contributed by atoms with van der Waals surface area (Å²) in [6.45, 7) is 9.69. The van der Waals surface area contributed by atoms with Gasteiger partial charge in [0.15, 0.2) is 11.5 Å². The molecule has 1 atom stereocenters. The van der Waals surface area contributed by atoms with Gasteiger partial charge in [0.05, 0.1) is 12.6 Å². The molecule has 0 saturated carbocycles. The van der Waals surface area contributed by atoms with Crippen molar-refractivity contribution in [3.8, 4) is 5.82 Å². The second kappa shape index (κ2) is 8.90. The Morgan fingerprint density at radius 1 is 1.17 bits per heavy atom. The third-order valence-corrected chi connectivity index (χ3v) is 6.37. The van der Waals surface area contributed by atoms with Gasteiger partial charge in [0.25, 0.3) is 5.56 Å². The fourth-order valence-electron chi connectivity index (χ4n) is 4.40. The van der Waals surface area contributed by atoms with Crippen LogP contribution in [0.15, 0.2) is 47.4 Å². The molecule has 35 heavy (non-hydrogen) atoms. The summed E-state index contributed by atoms with van der Waals surface area (Å²) in [5, 5.41) is 16.9. The minimum Gasteiger partial charge on any atom is -0.394 e.